The van der Waals surface area contributed by atoms with E-state index in [2.05, 4.69) is 49.1 Å². The third-order valence-electron chi connectivity index (χ3n) is 4.15. The van der Waals surface area contributed by atoms with Gasteiger partial charge in [0.15, 0.2) is 0 Å². The number of nitro benzene ring substituents is 1. The van der Waals surface area contributed by atoms with E-state index < -0.39 is 4.92 Å². The van der Waals surface area contributed by atoms with Gasteiger partial charge in [0.2, 0.25) is 0 Å². The van der Waals surface area contributed by atoms with Gasteiger partial charge in [-0.3, -0.25) is 10.1 Å². The predicted octanol–water partition coefficient (Wildman–Crippen LogP) is 6.56. The number of oxime groups is 1. The molecule has 30 heavy (non-hydrogen) atoms. The molecule has 0 heterocycles. The smallest absolute Gasteiger partial charge is 0.269 e. The molecule has 0 aliphatic heterocycles. The molecule has 0 spiro atoms. The fourth-order valence-electron chi connectivity index (χ4n) is 2.60. The molecule has 0 amide bonds. The second kappa shape index (κ2) is 10.4. The van der Waals surface area contributed by atoms with Crippen LogP contribution in [-0.4, -0.2) is 11.1 Å². The normalized spacial score (nSPS) is 10.9. The van der Waals surface area contributed by atoms with Crippen molar-refractivity contribution in [2.45, 2.75) is 20.1 Å². The molecule has 0 saturated heterocycles. The van der Waals surface area contributed by atoms with Gasteiger partial charge in [0.05, 0.1) is 20.1 Å². The molecule has 0 saturated carbocycles. The maximum atomic E-state index is 10.8. The van der Waals surface area contributed by atoms with Crippen molar-refractivity contribution in [3.05, 3.63) is 102 Å². The molecular weight excluding hydrogens is 516 g/mol. The van der Waals surface area contributed by atoms with Gasteiger partial charge in [-0.1, -0.05) is 47.1 Å². The van der Waals surface area contributed by atoms with Crippen LogP contribution in [0.1, 0.15) is 22.3 Å². The molecular formula is C22H18Br2N2O4. The zero-order valence-corrected chi connectivity index (χ0v) is 19.2. The number of benzene rings is 3. The summed E-state index contributed by atoms with van der Waals surface area (Å²) in [5, 5.41) is 14.8. The van der Waals surface area contributed by atoms with Crippen LogP contribution >= 0.6 is 31.9 Å². The van der Waals surface area contributed by atoms with Crippen LogP contribution in [-0.2, 0) is 18.1 Å². The van der Waals surface area contributed by atoms with Gasteiger partial charge in [-0.05, 0) is 67.6 Å². The molecule has 0 unspecified atom stereocenters. The molecule has 154 valence electrons. The van der Waals surface area contributed by atoms with Gasteiger partial charge in [0.1, 0.15) is 19.0 Å². The fraction of sp³-hybridized carbons (Fsp3) is 0.136. The summed E-state index contributed by atoms with van der Waals surface area (Å²) in [4.78, 5) is 15.6. The van der Waals surface area contributed by atoms with E-state index in [1.807, 2.05) is 31.2 Å². The van der Waals surface area contributed by atoms with E-state index in [9.17, 15) is 10.1 Å². The minimum Gasteiger partial charge on any atom is -0.487 e. The van der Waals surface area contributed by atoms with Crippen LogP contribution in [0, 0.1) is 17.0 Å². The van der Waals surface area contributed by atoms with E-state index >= 15 is 0 Å². The molecule has 0 radical (unpaired) electrons. The first kappa shape index (κ1) is 22.0. The first-order chi connectivity index (χ1) is 14.4. The molecule has 0 aliphatic rings. The Balaban J connectivity index is 1.59. The molecule has 3 rings (SSSR count). The maximum Gasteiger partial charge on any atom is 0.269 e. The summed E-state index contributed by atoms with van der Waals surface area (Å²) in [6.45, 7) is 2.64. The van der Waals surface area contributed by atoms with Gasteiger partial charge in [-0.2, -0.15) is 0 Å². The lowest BCUT2D eigenvalue weighted by Gasteiger charge is -2.11. The second-order valence-electron chi connectivity index (χ2n) is 6.52. The lowest BCUT2D eigenvalue weighted by atomic mass is 10.2. The van der Waals surface area contributed by atoms with E-state index in [-0.39, 0.29) is 12.3 Å². The number of hydrogen-bond donors (Lipinski definition) is 0. The SMILES string of the molecule is Cc1ccc(COc2c(Br)cc(/C=N\OCc3cccc([N+](=O)[O-])c3)cc2Br)cc1. The van der Waals surface area contributed by atoms with Gasteiger partial charge in [0.25, 0.3) is 5.69 Å². The molecule has 8 heteroatoms. The fourth-order valence-corrected chi connectivity index (χ4v) is 4.05. The summed E-state index contributed by atoms with van der Waals surface area (Å²) in [6, 6.07) is 18.2. The van der Waals surface area contributed by atoms with Crippen LogP contribution < -0.4 is 4.74 Å². The van der Waals surface area contributed by atoms with Crippen molar-refractivity contribution in [3.63, 3.8) is 0 Å². The topological polar surface area (TPSA) is 74.0 Å². The number of ether oxygens (including phenoxy) is 1. The Labute approximate surface area is 190 Å². The second-order valence-corrected chi connectivity index (χ2v) is 8.23. The zero-order chi connectivity index (χ0) is 21.5. The molecule has 0 atom stereocenters. The van der Waals surface area contributed by atoms with Gasteiger partial charge >= 0.3 is 0 Å². The molecule has 6 nitrogen and oxygen atoms in total. The highest BCUT2D eigenvalue weighted by Gasteiger charge is 2.09. The highest BCUT2D eigenvalue weighted by molar-refractivity contribution is 9.11. The Morgan fingerprint density at radius 3 is 2.37 bits per heavy atom. The van der Waals surface area contributed by atoms with Crippen LogP contribution in [0.3, 0.4) is 0 Å². The summed E-state index contributed by atoms with van der Waals surface area (Å²) in [5.41, 5.74) is 3.78. The Morgan fingerprint density at radius 2 is 1.70 bits per heavy atom. The summed E-state index contributed by atoms with van der Waals surface area (Å²) in [7, 11) is 0. The number of aryl methyl sites for hydroxylation is 1. The number of nitrogens with zero attached hydrogens (tertiary/aromatic N) is 2. The van der Waals surface area contributed by atoms with E-state index in [4.69, 9.17) is 9.57 Å². The van der Waals surface area contributed by atoms with Crippen molar-refractivity contribution >= 4 is 43.8 Å². The van der Waals surface area contributed by atoms with Gasteiger partial charge in [-0.25, -0.2) is 0 Å². The lowest BCUT2D eigenvalue weighted by Crippen LogP contribution is -1.98. The van der Waals surface area contributed by atoms with Gasteiger partial charge in [0, 0.05) is 12.1 Å². The quantitative estimate of drug-likeness (QED) is 0.187. The van der Waals surface area contributed by atoms with Crippen molar-refractivity contribution in [2.75, 3.05) is 0 Å². The summed E-state index contributed by atoms with van der Waals surface area (Å²) >= 11 is 7.06. The highest BCUT2D eigenvalue weighted by atomic mass is 79.9. The lowest BCUT2D eigenvalue weighted by molar-refractivity contribution is -0.384. The average molecular weight is 534 g/mol. The zero-order valence-electron chi connectivity index (χ0n) is 16.0. The highest BCUT2D eigenvalue weighted by Crippen LogP contribution is 2.35. The van der Waals surface area contributed by atoms with E-state index in [0.717, 1.165) is 20.1 Å². The van der Waals surface area contributed by atoms with Gasteiger partial charge < -0.3 is 9.57 Å². The first-order valence-corrected chi connectivity index (χ1v) is 10.6. The van der Waals surface area contributed by atoms with Crippen LogP contribution in [0.15, 0.2) is 74.8 Å². The van der Waals surface area contributed by atoms with E-state index in [1.165, 1.54) is 17.7 Å². The molecule has 0 aliphatic carbocycles. The number of rotatable bonds is 8. The first-order valence-electron chi connectivity index (χ1n) is 8.98. The van der Waals surface area contributed by atoms with Crippen molar-refractivity contribution < 1.29 is 14.5 Å². The molecule has 3 aromatic carbocycles. The van der Waals surface area contributed by atoms with Crippen molar-refractivity contribution in [2.24, 2.45) is 5.16 Å². The Morgan fingerprint density at radius 1 is 1.00 bits per heavy atom. The number of nitro groups is 1. The predicted molar refractivity (Wildman–Crippen MR) is 123 cm³/mol. The van der Waals surface area contributed by atoms with Crippen molar-refractivity contribution in [1.29, 1.82) is 0 Å². The number of hydrogen-bond acceptors (Lipinski definition) is 5. The molecule has 0 bridgehead atoms. The number of halogens is 2. The van der Waals surface area contributed by atoms with Crippen LogP contribution in [0.5, 0.6) is 5.75 Å². The molecule has 0 N–H and O–H groups in total. The third kappa shape index (κ3) is 6.14. The maximum absolute atomic E-state index is 10.8. The van der Waals surface area contributed by atoms with Crippen LogP contribution in [0.25, 0.3) is 0 Å². The number of non-ortho nitro benzene ring substituents is 1. The van der Waals surface area contributed by atoms with Crippen LogP contribution in [0.4, 0.5) is 5.69 Å². The molecule has 3 aromatic rings. The minimum absolute atomic E-state index is 0.0224. The van der Waals surface area contributed by atoms with Crippen LogP contribution in [0.2, 0.25) is 0 Å². The van der Waals surface area contributed by atoms with E-state index in [0.29, 0.717) is 17.9 Å². The summed E-state index contributed by atoms with van der Waals surface area (Å²) < 4.78 is 7.50. The Hall–Kier alpha value is -2.71. The Kier molecular flexibility index (Phi) is 7.59. The average Bonchev–Trinajstić information content (AvgIpc) is 2.72. The van der Waals surface area contributed by atoms with Crippen molar-refractivity contribution in [3.8, 4) is 5.75 Å². The minimum atomic E-state index is -0.440. The van der Waals surface area contributed by atoms with Gasteiger partial charge in [-0.15, -0.1) is 0 Å². The van der Waals surface area contributed by atoms with Crippen molar-refractivity contribution in [1.82, 2.24) is 0 Å². The largest absolute Gasteiger partial charge is 0.487 e. The Bertz CT molecular complexity index is 1050. The third-order valence-corrected chi connectivity index (χ3v) is 5.33. The standard InChI is InChI=1S/C22H18Br2N2O4/c1-15-5-7-16(8-6-15)13-29-22-20(23)10-18(11-21(22)24)12-25-30-14-17-3-2-4-19(9-17)26(27)28/h2-12H,13-14H2,1H3/b25-12-. The monoisotopic (exact) mass is 532 g/mol. The molecule has 0 aromatic heterocycles. The summed E-state index contributed by atoms with van der Waals surface area (Å²) in [5.74, 6) is 0.699. The molecule has 0 fully saturated rings. The van der Waals surface area contributed by atoms with E-state index in [1.54, 1.807) is 18.3 Å². The summed E-state index contributed by atoms with van der Waals surface area (Å²) in [6.07, 6.45) is 1.57.